The van der Waals surface area contributed by atoms with Gasteiger partial charge >= 0.3 is 0 Å². The summed E-state index contributed by atoms with van der Waals surface area (Å²) in [4.78, 5) is 0. The quantitative estimate of drug-likeness (QED) is 0.676. The van der Waals surface area contributed by atoms with Gasteiger partial charge in [0.2, 0.25) is 0 Å². The van der Waals surface area contributed by atoms with Crippen LogP contribution in [0, 0.1) is 17.2 Å². The number of phenolic OH excluding ortho intramolecular Hbond substituents is 1. The molecule has 1 aromatic carbocycles. The fourth-order valence-electron chi connectivity index (χ4n) is 5.99. The standard InChI is InChI=1S/C24H33NO3/c1-23(2)19-8-7-17(26)15-18(19)22-20(27)13-16(14-21(22)28-23)24(10-6-11-24)9-4-3-5-12-25/h13-14,17-19,26-27H,3-11,15H2,1-2H3/t17-,18+,19+/m0/s1. The lowest BCUT2D eigenvalue weighted by Gasteiger charge is -2.49. The van der Waals surface area contributed by atoms with Gasteiger partial charge in [-0.3, -0.25) is 0 Å². The molecule has 1 aliphatic heterocycles. The molecule has 0 radical (unpaired) electrons. The van der Waals surface area contributed by atoms with Gasteiger partial charge in [0.15, 0.2) is 0 Å². The van der Waals surface area contributed by atoms with Crippen molar-refractivity contribution in [1.29, 1.82) is 5.26 Å². The molecular weight excluding hydrogens is 350 g/mol. The SMILES string of the molecule is CC1(C)Oc2cc(C3(CCCCC#N)CCC3)cc(O)c2[C@@H]2C[C@@H](O)CC[C@H]21. The summed E-state index contributed by atoms with van der Waals surface area (Å²) in [6.45, 7) is 4.30. The number of fused-ring (bicyclic) bond motifs is 3. The smallest absolute Gasteiger partial charge is 0.127 e. The van der Waals surface area contributed by atoms with E-state index in [1.165, 1.54) is 12.0 Å². The highest BCUT2D eigenvalue weighted by Gasteiger charge is 2.48. The van der Waals surface area contributed by atoms with Gasteiger partial charge in [-0.05, 0) is 81.9 Å². The van der Waals surface area contributed by atoms with Crippen LogP contribution in [0.5, 0.6) is 11.5 Å². The molecule has 152 valence electrons. The largest absolute Gasteiger partial charge is 0.508 e. The zero-order valence-electron chi connectivity index (χ0n) is 17.2. The van der Waals surface area contributed by atoms with Gasteiger partial charge in [-0.25, -0.2) is 0 Å². The first kappa shape index (κ1) is 19.6. The van der Waals surface area contributed by atoms with Gasteiger partial charge in [-0.1, -0.05) is 12.8 Å². The molecule has 0 saturated heterocycles. The minimum absolute atomic E-state index is 0.123. The number of benzene rings is 1. The predicted octanol–water partition coefficient (Wildman–Crippen LogP) is 5.31. The van der Waals surface area contributed by atoms with Crippen LogP contribution in [0.25, 0.3) is 0 Å². The van der Waals surface area contributed by atoms with Crippen LogP contribution in [0.15, 0.2) is 12.1 Å². The van der Waals surface area contributed by atoms with Gasteiger partial charge in [0, 0.05) is 23.8 Å². The maximum absolute atomic E-state index is 11.0. The van der Waals surface area contributed by atoms with Crippen LogP contribution in [-0.4, -0.2) is 21.9 Å². The molecule has 0 unspecified atom stereocenters. The summed E-state index contributed by atoms with van der Waals surface area (Å²) in [6.07, 6.45) is 9.36. The first-order valence-corrected chi connectivity index (χ1v) is 11.0. The van der Waals surface area contributed by atoms with Crippen LogP contribution < -0.4 is 4.74 Å². The molecule has 2 saturated carbocycles. The van der Waals surface area contributed by atoms with Gasteiger partial charge in [-0.2, -0.15) is 5.26 Å². The Morgan fingerprint density at radius 1 is 1.21 bits per heavy atom. The summed E-state index contributed by atoms with van der Waals surface area (Å²) in [5.41, 5.74) is 1.93. The fraction of sp³-hybridized carbons (Fsp3) is 0.708. The maximum Gasteiger partial charge on any atom is 0.127 e. The Bertz CT molecular complexity index is 775. The molecule has 4 rings (SSSR count). The van der Waals surface area contributed by atoms with Crippen LogP contribution in [0.1, 0.15) is 95.1 Å². The molecule has 3 atom stereocenters. The monoisotopic (exact) mass is 383 g/mol. The second-order valence-electron chi connectivity index (χ2n) is 9.79. The van der Waals surface area contributed by atoms with Crippen LogP contribution >= 0.6 is 0 Å². The second-order valence-corrected chi connectivity index (χ2v) is 9.79. The molecule has 3 aliphatic rings. The van der Waals surface area contributed by atoms with E-state index in [1.807, 2.05) is 6.07 Å². The molecule has 2 fully saturated rings. The summed E-state index contributed by atoms with van der Waals surface area (Å²) in [7, 11) is 0. The number of aliphatic hydroxyl groups excluding tert-OH is 1. The summed E-state index contributed by atoms with van der Waals surface area (Å²) in [6, 6.07) is 6.39. The second kappa shape index (κ2) is 7.26. The number of aliphatic hydroxyl groups is 1. The number of phenols is 1. The van der Waals surface area contributed by atoms with E-state index in [-0.39, 0.29) is 23.0 Å². The van der Waals surface area contributed by atoms with Crippen molar-refractivity contribution in [2.24, 2.45) is 5.92 Å². The lowest BCUT2D eigenvalue weighted by Crippen LogP contribution is -2.47. The Balaban J connectivity index is 1.67. The molecule has 0 amide bonds. The van der Waals surface area contributed by atoms with Gasteiger partial charge in [0.05, 0.1) is 12.2 Å². The number of aromatic hydroxyl groups is 1. The number of hydrogen-bond acceptors (Lipinski definition) is 4. The summed E-state index contributed by atoms with van der Waals surface area (Å²) >= 11 is 0. The van der Waals surface area contributed by atoms with Gasteiger partial charge in [0.1, 0.15) is 17.1 Å². The summed E-state index contributed by atoms with van der Waals surface area (Å²) in [5, 5.41) is 30.1. The lowest BCUT2D eigenvalue weighted by molar-refractivity contribution is -0.0318. The predicted molar refractivity (Wildman–Crippen MR) is 109 cm³/mol. The fourth-order valence-corrected chi connectivity index (χ4v) is 5.99. The van der Waals surface area contributed by atoms with E-state index < -0.39 is 0 Å². The zero-order valence-corrected chi connectivity index (χ0v) is 17.2. The average Bonchev–Trinajstić information content (AvgIpc) is 2.59. The van der Waals surface area contributed by atoms with Crippen LogP contribution in [0.4, 0.5) is 0 Å². The molecule has 1 aromatic rings. The molecule has 28 heavy (non-hydrogen) atoms. The molecule has 4 nitrogen and oxygen atoms in total. The highest BCUT2D eigenvalue weighted by molar-refractivity contribution is 5.54. The first-order valence-electron chi connectivity index (χ1n) is 11.0. The Labute approximate surface area is 168 Å². The highest BCUT2D eigenvalue weighted by atomic mass is 16.5. The van der Waals surface area contributed by atoms with E-state index >= 15 is 0 Å². The maximum atomic E-state index is 11.0. The molecule has 0 aromatic heterocycles. The third kappa shape index (κ3) is 3.28. The van der Waals surface area contributed by atoms with Crippen LogP contribution in [-0.2, 0) is 5.41 Å². The van der Waals surface area contributed by atoms with Crippen molar-refractivity contribution in [3.63, 3.8) is 0 Å². The van der Waals surface area contributed by atoms with Crippen LogP contribution in [0.2, 0.25) is 0 Å². The van der Waals surface area contributed by atoms with Crippen molar-refractivity contribution in [2.75, 3.05) is 0 Å². The molecule has 2 N–H and O–H groups in total. The summed E-state index contributed by atoms with van der Waals surface area (Å²) in [5.74, 6) is 1.64. The van der Waals surface area contributed by atoms with E-state index in [9.17, 15) is 10.2 Å². The van der Waals surface area contributed by atoms with Crippen molar-refractivity contribution in [2.45, 2.75) is 101 Å². The number of nitriles is 1. The Hall–Kier alpha value is -1.73. The normalized spacial score (nSPS) is 29.6. The Morgan fingerprint density at radius 3 is 2.68 bits per heavy atom. The summed E-state index contributed by atoms with van der Waals surface area (Å²) < 4.78 is 6.47. The third-order valence-electron chi connectivity index (χ3n) is 7.70. The Kier molecular flexibility index (Phi) is 5.08. The van der Waals surface area contributed by atoms with E-state index in [2.05, 4.69) is 26.0 Å². The lowest BCUT2D eigenvalue weighted by atomic mass is 9.61. The number of nitrogens with zero attached hydrogens (tertiary/aromatic N) is 1. The minimum atomic E-state index is -0.291. The molecule has 0 spiro atoms. The van der Waals surface area contributed by atoms with E-state index in [0.29, 0.717) is 24.5 Å². The number of rotatable bonds is 5. The number of ether oxygens (including phenoxy) is 1. The third-order valence-corrected chi connectivity index (χ3v) is 7.70. The van der Waals surface area contributed by atoms with Crippen molar-refractivity contribution in [3.05, 3.63) is 23.3 Å². The van der Waals surface area contributed by atoms with Crippen molar-refractivity contribution >= 4 is 0 Å². The van der Waals surface area contributed by atoms with Gasteiger partial charge in [-0.15, -0.1) is 0 Å². The molecular formula is C24H33NO3. The highest BCUT2D eigenvalue weighted by Crippen LogP contribution is 2.57. The minimum Gasteiger partial charge on any atom is -0.508 e. The van der Waals surface area contributed by atoms with E-state index in [1.54, 1.807) is 0 Å². The molecule has 2 aliphatic carbocycles. The molecule has 4 heteroatoms. The number of unbranched alkanes of at least 4 members (excludes halogenated alkanes) is 2. The first-order chi connectivity index (χ1) is 13.4. The van der Waals surface area contributed by atoms with Crippen LogP contribution in [0.3, 0.4) is 0 Å². The Morgan fingerprint density at radius 2 is 2.00 bits per heavy atom. The zero-order chi connectivity index (χ0) is 19.9. The van der Waals surface area contributed by atoms with Gasteiger partial charge < -0.3 is 14.9 Å². The average molecular weight is 384 g/mol. The van der Waals surface area contributed by atoms with Crippen molar-refractivity contribution in [1.82, 2.24) is 0 Å². The number of hydrogen-bond donors (Lipinski definition) is 2. The topological polar surface area (TPSA) is 73.5 Å². The van der Waals surface area contributed by atoms with E-state index in [4.69, 9.17) is 10.00 Å². The van der Waals surface area contributed by atoms with Crippen molar-refractivity contribution in [3.8, 4) is 17.6 Å². The van der Waals surface area contributed by atoms with Crippen molar-refractivity contribution < 1.29 is 14.9 Å². The molecule has 0 bridgehead atoms. The van der Waals surface area contributed by atoms with E-state index in [0.717, 1.165) is 56.3 Å². The van der Waals surface area contributed by atoms with Gasteiger partial charge in [0.25, 0.3) is 0 Å². The molecule has 1 heterocycles.